The molecule has 1 N–H and O–H groups in total. The molecule has 0 bridgehead atoms. The highest BCUT2D eigenvalue weighted by atomic mass is 16.5. The fourth-order valence-electron chi connectivity index (χ4n) is 1.84. The molecule has 1 aliphatic heterocycles. The van der Waals surface area contributed by atoms with E-state index in [-0.39, 0.29) is 17.3 Å². The lowest BCUT2D eigenvalue weighted by Crippen LogP contribution is -1.97. The van der Waals surface area contributed by atoms with E-state index in [1.54, 1.807) is 18.2 Å². The van der Waals surface area contributed by atoms with Gasteiger partial charge in [-0.05, 0) is 31.2 Å². The first-order valence-electron chi connectivity index (χ1n) is 5.47. The third-order valence-corrected chi connectivity index (χ3v) is 2.69. The summed E-state index contributed by atoms with van der Waals surface area (Å²) in [7, 11) is 0. The van der Waals surface area contributed by atoms with Crippen molar-refractivity contribution in [2.24, 2.45) is 0 Å². The third kappa shape index (κ3) is 1.68. The van der Waals surface area contributed by atoms with E-state index in [4.69, 9.17) is 9.15 Å². The van der Waals surface area contributed by atoms with Gasteiger partial charge in [-0.3, -0.25) is 4.79 Å². The first-order valence-corrected chi connectivity index (χ1v) is 5.47. The number of benzene rings is 1. The van der Waals surface area contributed by atoms with Crippen molar-refractivity contribution < 1.29 is 19.1 Å². The molecule has 18 heavy (non-hydrogen) atoms. The minimum atomic E-state index is -0.209. The molecule has 1 aromatic carbocycles. The first-order chi connectivity index (χ1) is 8.63. The van der Waals surface area contributed by atoms with Crippen LogP contribution in [0, 0.1) is 6.92 Å². The zero-order chi connectivity index (χ0) is 12.7. The Labute approximate surface area is 103 Å². The van der Waals surface area contributed by atoms with Gasteiger partial charge in [-0.15, -0.1) is 0 Å². The van der Waals surface area contributed by atoms with Gasteiger partial charge in [0.05, 0.1) is 5.56 Å². The second-order valence-electron chi connectivity index (χ2n) is 4.07. The van der Waals surface area contributed by atoms with Crippen LogP contribution in [0.4, 0.5) is 0 Å². The number of aromatic hydroxyl groups is 1. The summed E-state index contributed by atoms with van der Waals surface area (Å²) < 4.78 is 10.8. The normalized spacial score (nSPS) is 15.8. The molecule has 2 heterocycles. The highest BCUT2D eigenvalue weighted by Crippen LogP contribution is 2.34. The number of carbonyl (C=O) groups excluding carboxylic acids is 1. The molecule has 0 radical (unpaired) electrons. The number of hydrogen-bond donors (Lipinski definition) is 1. The van der Waals surface area contributed by atoms with Crippen molar-refractivity contribution in [3.63, 3.8) is 0 Å². The Morgan fingerprint density at radius 2 is 2.06 bits per heavy atom. The summed E-state index contributed by atoms with van der Waals surface area (Å²) in [5.41, 5.74) is 0.447. The number of phenolic OH excluding ortho intramolecular Hbond substituents is 1. The van der Waals surface area contributed by atoms with Crippen LogP contribution in [-0.2, 0) is 0 Å². The van der Waals surface area contributed by atoms with Crippen molar-refractivity contribution in [2.75, 3.05) is 0 Å². The third-order valence-electron chi connectivity index (χ3n) is 2.69. The molecule has 0 aliphatic carbocycles. The molecule has 0 saturated heterocycles. The number of furan rings is 1. The molecule has 3 rings (SSSR count). The van der Waals surface area contributed by atoms with Gasteiger partial charge in [0.25, 0.3) is 0 Å². The van der Waals surface area contributed by atoms with Gasteiger partial charge in [-0.25, -0.2) is 0 Å². The zero-order valence-electron chi connectivity index (χ0n) is 9.64. The average Bonchev–Trinajstić information content (AvgIpc) is 2.85. The molecule has 0 unspecified atom stereocenters. The van der Waals surface area contributed by atoms with Gasteiger partial charge in [0, 0.05) is 12.1 Å². The molecule has 4 nitrogen and oxygen atoms in total. The fraction of sp³-hybridized carbons (Fsp3) is 0.0714. The number of Topliss-reactive ketones (excluding diaryl/α,β-unsaturated/α-hetero) is 1. The van der Waals surface area contributed by atoms with Gasteiger partial charge in [0.2, 0.25) is 5.78 Å². The Balaban J connectivity index is 1.99. The average molecular weight is 242 g/mol. The monoisotopic (exact) mass is 242 g/mol. The fourth-order valence-corrected chi connectivity index (χ4v) is 1.84. The largest absolute Gasteiger partial charge is 0.508 e. The molecule has 0 spiro atoms. The van der Waals surface area contributed by atoms with E-state index >= 15 is 0 Å². The van der Waals surface area contributed by atoms with Crippen LogP contribution in [0.1, 0.15) is 21.9 Å². The summed E-state index contributed by atoms with van der Waals surface area (Å²) in [4.78, 5) is 12.0. The van der Waals surface area contributed by atoms with Gasteiger partial charge in [-0.2, -0.15) is 0 Å². The second kappa shape index (κ2) is 3.77. The number of ether oxygens (including phenoxy) is 1. The smallest absolute Gasteiger partial charge is 0.232 e. The van der Waals surface area contributed by atoms with Crippen LogP contribution in [0.2, 0.25) is 0 Å². The lowest BCUT2D eigenvalue weighted by atomic mass is 10.1. The SMILES string of the molecule is Cc1ccc(/C=C2\Oc3cc(O)ccc3C2=O)o1. The predicted molar refractivity (Wildman–Crippen MR) is 64.5 cm³/mol. The van der Waals surface area contributed by atoms with Gasteiger partial charge in [0.1, 0.15) is 23.0 Å². The van der Waals surface area contributed by atoms with Crippen molar-refractivity contribution in [1.29, 1.82) is 0 Å². The van der Waals surface area contributed by atoms with Crippen LogP contribution in [0.3, 0.4) is 0 Å². The van der Waals surface area contributed by atoms with Crippen LogP contribution in [0.25, 0.3) is 6.08 Å². The summed E-state index contributed by atoms with van der Waals surface area (Å²) in [6.07, 6.45) is 1.55. The maximum atomic E-state index is 12.0. The van der Waals surface area contributed by atoms with Gasteiger partial charge in [0.15, 0.2) is 5.76 Å². The number of hydrogen-bond acceptors (Lipinski definition) is 4. The maximum Gasteiger partial charge on any atom is 0.232 e. The Morgan fingerprint density at radius 1 is 1.22 bits per heavy atom. The van der Waals surface area contributed by atoms with E-state index < -0.39 is 0 Å². The van der Waals surface area contributed by atoms with Crippen molar-refractivity contribution in [3.05, 3.63) is 53.2 Å². The van der Waals surface area contributed by atoms with Gasteiger partial charge < -0.3 is 14.3 Å². The van der Waals surface area contributed by atoms with E-state index in [0.29, 0.717) is 17.1 Å². The standard InChI is InChI=1S/C14H10O4/c1-8-2-4-10(17-8)7-13-14(16)11-5-3-9(15)6-12(11)18-13/h2-7,15H,1H3/b13-7-. The van der Waals surface area contributed by atoms with Gasteiger partial charge in [-0.1, -0.05) is 0 Å². The van der Waals surface area contributed by atoms with Crippen LogP contribution in [0.15, 0.2) is 40.5 Å². The molecule has 2 aromatic rings. The quantitative estimate of drug-likeness (QED) is 0.781. The first kappa shape index (κ1) is 10.7. The number of allylic oxidation sites excluding steroid dienone is 1. The van der Waals surface area contributed by atoms with Crippen molar-refractivity contribution >= 4 is 11.9 Å². The molecule has 0 atom stereocenters. The minimum Gasteiger partial charge on any atom is -0.508 e. The summed E-state index contributed by atoms with van der Waals surface area (Å²) in [5, 5.41) is 9.33. The maximum absolute atomic E-state index is 12.0. The summed E-state index contributed by atoms with van der Waals surface area (Å²) >= 11 is 0. The van der Waals surface area contributed by atoms with E-state index in [0.717, 1.165) is 5.76 Å². The molecule has 0 amide bonds. The van der Waals surface area contributed by atoms with Crippen molar-refractivity contribution in [3.8, 4) is 11.5 Å². The number of fused-ring (bicyclic) bond motifs is 1. The lowest BCUT2D eigenvalue weighted by molar-refractivity contribution is 0.101. The molecule has 0 saturated carbocycles. The van der Waals surface area contributed by atoms with Crippen LogP contribution in [0.5, 0.6) is 11.5 Å². The van der Waals surface area contributed by atoms with Crippen LogP contribution < -0.4 is 4.74 Å². The molecule has 4 heteroatoms. The van der Waals surface area contributed by atoms with E-state index in [2.05, 4.69) is 0 Å². The lowest BCUT2D eigenvalue weighted by Gasteiger charge is -1.97. The Kier molecular flexibility index (Phi) is 2.23. The highest BCUT2D eigenvalue weighted by Gasteiger charge is 2.27. The Bertz CT molecular complexity index is 664. The van der Waals surface area contributed by atoms with E-state index in [9.17, 15) is 9.90 Å². The number of phenols is 1. The Hall–Kier alpha value is -2.49. The van der Waals surface area contributed by atoms with E-state index in [1.807, 2.05) is 13.0 Å². The highest BCUT2D eigenvalue weighted by molar-refractivity contribution is 6.14. The molecule has 90 valence electrons. The number of aryl methyl sites for hydroxylation is 1. The molecule has 1 aliphatic rings. The molecule has 1 aromatic heterocycles. The van der Waals surface area contributed by atoms with Crippen LogP contribution in [-0.4, -0.2) is 10.9 Å². The molecular weight excluding hydrogens is 232 g/mol. The molecular formula is C14H10O4. The summed E-state index contributed by atoms with van der Waals surface area (Å²) in [6, 6.07) is 7.99. The summed E-state index contributed by atoms with van der Waals surface area (Å²) in [6.45, 7) is 1.83. The van der Waals surface area contributed by atoms with Gasteiger partial charge >= 0.3 is 0 Å². The Morgan fingerprint density at radius 3 is 2.78 bits per heavy atom. The molecule has 0 fully saturated rings. The minimum absolute atomic E-state index is 0.0663. The van der Waals surface area contributed by atoms with Crippen molar-refractivity contribution in [2.45, 2.75) is 6.92 Å². The van der Waals surface area contributed by atoms with Crippen LogP contribution >= 0.6 is 0 Å². The number of ketones is 1. The number of carbonyl (C=O) groups is 1. The predicted octanol–water partition coefficient (Wildman–Crippen LogP) is 2.91. The second-order valence-corrected chi connectivity index (χ2v) is 4.07. The zero-order valence-corrected chi connectivity index (χ0v) is 9.64. The number of rotatable bonds is 1. The summed E-state index contributed by atoms with van der Waals surface area (Å²) in [5.74, 6) is 1.76. The van der Waals surface area contributed by atoms with Crippen molar-refractivity contribution in [1.82, 2.24) is 0 Å². The topological polar surface area (TPSA) is 59.7 Å². The van der Waals surface area contributed by atoms with E-state index in [1.165, 1.54) is 12.1 Å².